The Morgan fingerprint density at radius 2 is 1.94 bits per heavy atom. The molecular formula is C14H20ClNO. The Labute approximate surface area is 109 Å². The van der Waals surface area contributed by atoms with E-state index in [4.69, 9.17) is 16.3 Å². The maximum Gasteiger partial charge on any atom is 0.0595 e. The van der Waals surface area contributed by atoms with Crippen LogP contribution in [0.2, 0.25) is 5.02 Å². The van der Waals surface area contributed by atoms with Crippen LogP contribution in [0.5, 0.6) is 0 Å². The summed E-state index contributed by atoms with van der Waals surface area (Å²) >= 11 is 6.24. The van der Waals surface area contributed by atoms with Crippen LogP contribution in [0.4, 0.5) is 0 Å². The summed E-state index contributed by atoms with van der Waals surface area (Å²) in [6, 6.07) is 8.52. The molecule has 0 amide bonds. The molecule has 0 aromatic heterocycles. The van der Waals surface area contributed by atoms with Crippen LogP contribution < -0.4 is 0 Å². The van der Waals surface area contributed by atoms with E-state index in [2.05, 4.69) is 24.0 Å². The van der Waals surface area contributed by atoms with Gasteiger partial charge in [-0.2, -0.15) is 0 Å². The molecule has 0 unspecified atom stereocenters. The molecule has 17 heavy (non-hydrogen) atoms. The van der Waals surface area contributed by atoms with Crippen molar-refractivity contribution < 1.29 is 4.74 Å². The zero-order valence-corrected chi connectivity index (χ0v) is 11.3. The molecule has 0 aliphatic carbocycles. The van der Waals surface area contributed by atoms with Crippen LogP contribution in [-0.2, 0) is 4.74 Å². The number of ether oxygens (including phenoxy) is 1. The van der Waals surface area contributed by atoms with E-state index in [0.717, 1.165) is 31.0 Å². The molecule has 2 nitrogen and oxygen atoms in total. The molecule has 1 aliphatic heterocycles. The van der Waals surface area contributed by atoms with Crippen molar-refractivity contribution >= 4 is 11.6 Å². The van der Waals surface area contributed by atoms with Crippen molar-refractivity contribution in [3.63, 3.8) is 0 Å². The summed E-state index contributed by atoms with van der Waals surface area (Å²) in [6.07, 6.45) is 2.67. The van der Waals surface area contributed by atoms with E-state index >= 15 is 0 Å². The SMILES string of the molecule is COC1CCN([C@H](C)c2ccccc2Cl)CC1. The van der Waals surface area contributed by atoms with Crippen molar-refractivity contribution in [2.45, 2.75) is 31.9 Å². The molecule has 3 heteroatoms. The standard InChI is InChI=1S/C14H20ClNO/c1-11(13-5-3-4-6-14(13)15)16-9-7-12(17-2)8-10-16/h3-6,11-12H,7-10H2,1-2H3/t11-/m1/s1. The fourth-order valence-electron chi connectivity index (χ4n) is 2.51. The van der Waals surface area contributed by atoms with Gasteiger partial charge in [0.2, 0.25) is 0 Å². The molecule has 1 atom stereocenters. The maximum atomic E-state index is 6.24. The molecule has 1 aromatic rings. The Hall–Kier alpha value is -0.570. The van der Waals surface area contributed by atoms with Gasteiger partial charge >= 0.3 is 0 Å². The van der Waals surface area contributed by atoms with E-state index < -0.39 is 0 Å². The predicted molar refractivity (Wildman–Crippen MR) is 71.5 cm³/mol. The summed E-state index contributed by atoms with van der Waals surface area (Å²) in [5, 5.41) is 0.869. The minimum Gasteiger partial charge on any atom is -0.381 e. The minimum atomic E-state index is 0.390. The van der Waals surface area contributed by atoms with Gasteiger partial charge in [-0.3, -0.25) is 4.90 Å². The smallest absolute Gasteiger partial charge is 0.0595 e. The number of methoxy groups -OCH3 is 1. The fraction of sp³-hybridized carbons (Fsp3) is 0.571. The molecular weight excluding hydrogens is 234 g/mol. The summed E-state index contributed by atoms with van der Waals surface area (Å²) in [6.45, 7) is 4.41. The summed E-state index contributed by atoms with van der Waals surface area (Å²) in [5.74, 6) is 0. The first-order valence-electron chi connectivity index (χ1n) is 6.23. The van der Waals surface area contributed by atoms with E-state index in [1.807, 2.05) is 12.1 Å². The normalized spacial score (nSPS) is 20.4. The van der Waals surface area contributed by atoms with Gasteiger partial charge in [0.25, 0.3) is 0 Å². The zero-order valence-electron chi connectivity index (χ0n) is 10.5. The largest absolute Gasteiger partial charge is 0.381 e. The Bertz CT molecular complexity index is 361. The van der Waals surface area contributed by atoms with Gasteiger partial charge in [0.05, 0.1) is 6.10 Å². The molecule has 2 rings (SSSR count). The molecule has 0 bridgehead atoms. The number of likely N-dealkylation sites (tertiary alicyclic amines) is 1. The molecule has 1 saturated heterocycles. The number of nitrogens with zero attached hydrogens (tertiary/aromatic N) is 1. The van der Waals surface area contributed by atoms with Gasteiger partial charge in [0.15, 0.2) is 0 Å². The van der Waals surface area contributed by atoms with Crippen molar-refractivity contribution in [1.82, 2.24) is 4.90 Å². The molecule has 0 saturated carbocycles. The van der Waals surface area contributed by atoms with Crippen LogP contribution in [0, 0.1) is 0 Å². The van der Waals surface area contributed by atoms with Crippen LogP contribution in [0.3, 0.4) is 0 Å². The van der Waals surface area contributed by atoms with Crippen molar-refractivity contribution in [2.24, 2.45) is 0 Å². The van der Waals surface area contributed by atoms with E-state index in [0.29, 0.717) is 12.1 Å². The molecule has 1 aromatic carbocycles. The zero-order chi connectivity index (χ0) is 12.3. The highest BCUT2D eigenvalue weighted by atomic mass is 35.5. The second-order valence-electron chi connectivity index (χ2n) is 4.67. The van der Waals surface area contributed by atoms with Gasteiger partial charge in [-0.15, -0.1) is 0 Å². The molecule has 1 fully saturated rings. The lowest BCUT2D eigenvalue weighted by Crippen LogP contribution is -2.38. The number of hydrogen-bond donors (Lipinski definition) is 0. The molecule has 0 spiro atoms. The van der Waals surface area contributed by atoms with E-state index in [1.54, 1.807) is 7.11 Å². The number of rotatable bonds is 3. The first-order chi connectivity index (χ1) is 8.22. The van der Waals surface area contributed by atoms with Crippen molar-refractivity contribution in [2.75, 3.05) is 20.2 Å². The molecule has 0 N–H and O–H groups in total. The lowest BCUT2D eigenvalue weighted by molar-refractivity contribution is 0.0295. The Kier molecular flexibility index (Phi) is 4.43. The monoisotopic (exact) mass is 253 g/mol. The summed E-state index contributed by atoms with van der Waals surface area (Å²) in [7, 11) is 1.80. The first-order valence-corrected chi connectivity index (χ1v) is 6.61. The van der Waals surface area contributed by atoms with E-state index in [-0.39, 0.29) is 0 Å². The molecule has 1 aliphatic rings. The highest BCUT2D eigenvalue weighted by Crippen LogP contribution is 2.29. The lowest BCUT2D eigenvalue weighted by Gasteiger charge is -2.36. The number of halogens is 1. The average molecular weight is 254 g/mol. The third-order valence-corrected chi connectivity index (χ3v) is 4.06. The Balaban J connectivity index is 2.02. The third kappa shape index (κ3) is 3.01. The number of piperidine rings is 1. The van der Waals surface area contributed by atoms with Crippen molar-refractivity contribution in [3.05, 3.63) is 34.9 Å². The summed E-state index contributed by atoms with van der Waals surface area (Å²) in [4.78, 5) is 2.48. The van der Waals surface area contributed by atoms with Crippen molar-refractivity contribution in [3.8, 4) is 0 Å². The molecule has 94 valence electrons. The first kappa shape index (κ1) is 12.9. The van der Waals surface area contributed by atoms with Gasteiger partial charge in [0.1, 0.15) is 0 Å². The highest BCUT2D eigenvalue weighted by molar-refractivity contribution is 6.31. The quantitative estimate of drug-likeness (QED) is 0.817. The summed E-state index contributed by atoms with van der Waals surface area (Å²) in [5.41, 5.74) is 1.23. The van der Waals surface area contributed by atoms with Gasteiger partial charge in [-0.1, -0.05) is 29.8 Å². The third-order valence-electron chi connectivity index (χ3n) is 3.71. The van der Waals surface area contributed by atoms with Crippen LogP contribution in [0.25, 0.3) is 0 Å². The Morgan fingerprint density at radius 1 is 1.29 bits per heavy atom. The van der Waals surface area contributed by atoms with Crippen LogP contribution in [0.15, 0.2) is 24.3 Å². The minimum absolute atomic E-state index is 0.390. The summed E-state index contributed by atoms with van der Waals surface area (Å²) < 4.78 is 5.40. The van der Waals surface area contributed by atoms with Gasteiger partial charge in [-0.05, 0) is 31.4 Å². The van der Waals surface area contributed by atoms with Crippen molar-refractivity contribution in [1.29, 1.82) is 0 Å². The number of hydrogen-bond acceptors (Lipinski definition) is 2. The topological polar surface area (TPSA) is 12.5 Å². The van der Waals surface area contributed by atoms with Crippen LogP contribution >= 0.6 is 11.6 Å². The molecule has 0 radical (unpaired) electrons. The molecule has 1 heterocycles. The predicted octanol–water partition coefficient (Wildman–Crippen LogP) is 3.51. The van der Waals surface area contributed by atoms with Crippen LogP contribution in [0.1, 0.15) is 31.4 Å². The fourth-order valence-corrected chi connectivity index (χ4v) is 2.80. The Morgan fingerprint density at radius 3 is 2.53 bits per heavy atom. The highest BCUT2D eigenvalue weighted by Gasteiger charge is 2.24. The van der Waals surface area contributed by atoms with Gasteiger partial charge in [0, 0.05) is 31.3 Å². The second-order valence-corrected chi connectivity index (χ2v) is 5.08. The van der Waals surface area contributed by atoms with Gasteiger partial charge in [-0.25, -0.2) is 0 Å². The second kappa shape index (κ2) is 5.85. The van der Waals surface area contributed by atoms with Crippen LogP contribution in [-0.4, -0.2) is 31.2 Å². The average Bonchev–Trinajstić information content (AvgIpc) is 2.39. The number of benzene rings is 1. The lowest BCUT2D eigenvalue weighted by atomic mass is 10.0. The van der Waals surface area contributed by atoms with E-state index in [1.165, 1.54) is 5.56 Å². The van der Waals surface area contributed by atoms with E-state index in [9.17, 15) is 0 Å². The van der Waals surface area contributed by atoms with Gasteiger partial charge < -0.3 is 4.74 Å². The maximum absolute atomic E-state index is 6.24.